The van der Waals surface area contributed by atoms with Crippen LogP contribution in [0.15, 0.2) is 29.2 Å². The van der Waals surface area contributed by atoms with Crippen LogP contribution < -0.4 is 10.6 Å². The lowest BCUT2D eigenvalue weighted by atomic mass is 10.3. The van der Waals surface area contributed by atoms with Crippen molar-refractivity contribution in [2.75, 3.05) is 49.5 Å². The summed E-state index contributed by atoms with van der Waals surface area (Å²) in [5.74, 6) is 0.772. The van der Waals surface area contributed by atoms with Crippen molar-refractivity contribution >= 4 is 67.2 Å². The van der Waals surface area contributed by atoms with Gasteiger partial charge < -0.3 is 20.4 Å². The highest BCUT2D eigenvalue weighted by molar-refractivity contribution is 7.80. The second-order valence-corrected chi connectivity index (χ2v) is 8.58. The van der Waals surface area contributed by atoms with Crippen molar-refractivity contribution in [2.24, 2.45) is 0 Å². The molecule has 0 aliphatic carbocycles. The first-order valence-electron chi connectivity index (χ1n) is 11.4. The first-order chi connectivity index (χ1) is 16.2. The van der Waals surface area contributed by atoms with Gasteiger partial charge in [-0.3, -0.25) is 19.2 Å². The average Bonchev–Trinajstić information content (AvgIpc) is 2.83. The summed E-state index contributed by atoms with van der Waals surface area (Å²) in [6.45, 7) is 7.41. The lowest BCUT2D eigenvalue weighted by Crippen LogP contribution is -2.41. The highest BCUT2D eigenvalue weighted by Crippen LogP contribution is 2.18. The van der Waals surface area contributed by atoms with Crippen molar-refractivity contribution in [2.45, 2.75) is 52.4 Å². The summed E-state index contributed by atoms with van der Waals surface area (Å²) >= 11 is 12.3. The Kier molecular flexibility index (Phi) is 21.6. The standard InChI is InChI=1S/C13H18N2O2S2.C10H20N2O2S.CH4/c1-2-13(17)15(7-8-18)9-12(16)14-10-5-3-4-6-11(10)19;1-3-6-12(10(14)4-2)8-9(13)11-5-7-15;/h3-6,18-19H,2,7-9H2,1H3,(H,14,16);15H,3-8H2,1-2H3,(H,11,13);1H4. The zero-order chi connectivity index (χ0) is 25.9. The van der Waals surface area contributed by atoms with Crippen molar-refractivity contribution < 1.29 is 19.2 Å². The summed E-state index contributed by atoms with van der Waals surface area (Å²) < 4.78 is 0. The van der Waals surface area contributed by atoms with E-state index in [2.05, 4.69) is 48.5 Å². The van der Waals surface area contributed by atoms with Crippen LogP contribution >= 0.6 is 37.9 Å². The van der Waals surface area contributed by atoms with Crippen LogP contribution in [-0.2, 0) is 19.2 Å². The van der Waals surface area contributed by atoms with Gasteiger partial charge in [0.25, 0.3) is 0 Å². The first-order valence-corrected chi connectivity index (χ1v) is 13.1. The van der Waals surface area contributed by atoms with Gasteiger partial charge in [0.1, 0.15) is 0 Å². The number of hydrogen-bond acceptors (Lipinski definition) is 7. The van der Waals surface area contributed by atoms with Crippen LogP contribution in [0.2, 0.25) is 0 Å². The number of benzene rings is 1. The highest BCUT2D eigenvalue weighted by Gasteiger charge is 2.15. The Balaban J connectivity index is 0. The maximum Gasteiger partial charge on any atom is 0.244 e. The third-order valence-corrected chi connectivity index (χ3v) is 5.27. The zero-order valence-electron chi connectivity index (χ0n) is 20.2. The summed E-state index contributed by atoms with van der Waals surface area (Å²) in [7, 11) is 0. The fraction of sp³-hybridized carbons (Fsp3) is 0.583. The number of rotatable bonds is 13. The third-order valence-electron chi connectivity index (χ3n) is 4.45. The maximum atomic E-state index is 11.9. The van der Waals surface area contributed by atoms with Gasteiger partial charge in [-0.2, -0.15) is 25.3 Å². The molecule has 0 aromatic heterocycles. The minimum absolute atomic E-state index is 0. The second-order valence-electron chi connectivity index (χ2n) is 7.20. The SMILES string of the molecule is C.CCC(=O)N(CCS)CC(=O)Nc1ccccc1S.CCCN(CC(=O)NCCS)C(=O)CC. The van der Waals surface area contributed by atoms with Crippen molar-refractivity contribution in [3.8, 4) is 0 Å². The Morgan fingerprint density at radius 1 is 0.829 bits per heavy atom. The van der Waals surface area contributed by atoms with Crippen LogP contribution in [0.5, 0.6) is 0 Å². The Morgan fingerprint density at radius 2 is 1.37 bits per heavy atom. The molecule has 0 aliphatic rings. The fourth-order valence-corrected chi connectivity index (χ4v) is 3.36. The van der Waals surface area contributed by atoms with E-state index in [-0.39, 0.29) is 44.1 Å². The molecule has 0 saturated carbocycles. The lowest BCUT2D eigenvalue weighted by molar-refractivity contribution is -0.135. The summed E-state index contributed by atoms with van der Waals surface area (Å²) in [5, 5.41) is 5.43. The Morgan fingerprint density at radius 3 is 1.86 bits per heavy atom. The van der Waals surface area contributed by atoms with E-state index < -0.39 is 0 Å². The van der Waals surface area contributed by atoms with Crippen molar-refractivity contribution in [1.29, 1.82) is 0 Å². The molecule has 0 radical (unpaired) electrons. The lowest BCUT2D eigenvalue weighted by Gasteiger charge is -2.20. The maximum absolute atomic E-state index is 11.9. The van der Waals surface area contributed by atoms with Crippen LogP contribution in [0.1, 0.15) is 47.5 Å². The van der Waals surface area contributed by atoms with Gasteiger partial charge in [-0.1, -0.05) is 40.3 Å². The normalized spacial score (nSPS) is 9.66. The molecule has 200 valence electrons. The number of nitrogens with zero attached hydrogens (tertiary/aromatic N) is 2. The monoisotopic (exact) mass is 546 g/mol. The van der Waals surface area contributed by atoms with E-state index in [1.54, 1.807) is 30.9 Å². The Bertz CT molecular complexity index is 781. The average molecular weight is 547 g/mol. The topological polar surface area (TPSA) is 98.8 Å². The van der Waals surface area contributed by atoms with Crippen molar-refractivity contribution in [1.82, 2.24) is 15.1 Å². The molecule has 0 aliphatic heterocycles. The highest BCUT2D eigenvalue weighted by atomic mass is 32.1. The molecule has 4 amide bonds. The minimum atomic E-state index is -0.231. The van der Waals surface area contributed by atoms with Crippen LogP contribution in [0, 0.1) is 0 Å². The van der Waals surface area contributed by atoms with E-state index >= 15 is 0 Å². The summed E-state index contributed by atoms with van der Waals surface area (Å²) in [6.07, 6.45) is 1.69. The molecule has 8 nitrogen and oxygen atoms in total. The quantitative estimate of drug-likeness (QED) is 0.245. The first kappa shape index (κ1) is 35.3. The summed E-state index contributed by atoms with van der Waals surface area (Å²) in [5.41, 5.74) is 0.644. The molecule has 1 aromatic rings. The smallest absolute Gasteiger partial charge is 0.244 e. The fourth-order valence-electron chi connectivity index (χ4n) is 2.79. The Hall–Kier alpha value is -1.85. The van der Waals surface area contributed by atoms with Crippen LogP contribution in [0.4, 0.5) is 5.69 Å². The van der Waals surface area contributed by atoms with E-state index in [9.17, 15) is 19.2 Å². The van der Waals surface area contributed by atoms with Crippen LogP contribution in [-0.4, -0.2) is 77.7 Å². The van der Waals surface area contributed by atoms with Gasteiger partial charge in [-0.15, -0.1) is 12.6 Å². The van der Waals surface area contributed by atoms with Gasteiger partial charge >= 0.3 is 0 Å². The predicted octanol–water partition coefficient (Wildman–Crippen LogP) is 3.40. The van der Waals surface area contributed by atoms with Gasteiger partial charge in [0.05, 0.1) is 18.8 Å². The Labute approximate surface area is 227 Å². The molecular formula is C24H42N4O4S3. The van der Waals surface area contributed by atoms with E-state index in [0.29, 0.717) is 54.6 Å². The number of nitrogens with one attached hydrogen (secondary N) is 2. The van der Waals surface area contributed by atoms with Gasteiger partial charge in [0.2, 0.25) is 23.6 Å². The van der Waals surface area contributed by atoms with E-state index in [0.717, 1.165) is 6.42 Å². The van der Waals surface area contributed by atoms with Gasteiger partial charge in [0.15, 0.2) is 0 Å². The van der Waals surface area contributed by atoms with Gasteiger partial charge in [0, 0.05) is 48.9 Å². The number of carbonyl (C=O) groups excluding carboxylic acids is 4. The molecule has 0 fully saturated rings. The molecule has 35 heavy (non-hydrogen) atoms. The van der Waals surface area contributed by atoms with E-state index in [1.807, 2.05) is 19.1 Å². The molecule has 0 unspecified atom stereocenters. The molecule has 0 bridgehead atoms. The van der Waals surface area contributed by atoms with Crippen molar-refractivity contribution in [3.05, 3.63) is 24.3 Å². The predicted molar refractivity (Wildman–Crippen MR) is 154 cm³/mol. The van der Waals surface area contributed by atoms with Gasteiger partial charge in [-0.05, 0) is 18.6 Å². The number of thiol groups is 3. The molecular weight excluding hydrogens is 504 g/mol. The van der Waals surface area contributed by atoms with Crippen LogP contribution in [0.25, 0.3) is 0 Å². The van der Waals surface area contributed by atoms with E-state index in [1.165, 1.54) is 4.90 Å². The number of amides is 4. The zero-order valence-corrected chi connectivity index (χ0v) is 22.9. The second kappa shape index (κ2) is 21.4. The molecule has 0 atom stereocenters. The molecule has 11 heteroatoms. The molecule has 1 rings (SSSR count). The number of hydrogen-bond donors (Lipinski definition) is 5. The summed E-state index contributed by atoms with van der Waals surface area (Å²) in [6, 6.07) is 7.22. The van der Waals surface area contributed by atoms with Crippen molar-refractivity contribution in [3.63, 3.8) is 0 Å². The molecule has 0 heterocycles. The largest absolute Gasteiger partial charge is 0.354 e. The molecule has 2 N–H and O–H groups in total. The summed E-state index contributed by atoms with van der Waals surface area (Å²) in [4.78, 5) is 50.2. The van der Waals surface area contributed by atoms with E-state index in [4.69, 9.17) is 0 Å². The number of anilines is 1. The number of carbonyl (C=O) groups is 4. The molecule has 0 saturated heterocycles. The molecule has 0 spiro atoms. The van der Waals surface area contributed by atoms with Crippen LogP contribution in [0.3, 0.4) is 0 Å². The minimum Gasteiger partial charge on any atom is -0.354 e. The van der Waals surface area contributed by atoms with Gasteiger partial charge in [-0.25, -0.2) is 0 Å². The molecule has 1 aromatic carbocycles. The third kappa shape index (κ3) is 15.7. The number of para-hydroxylation sites is 1.